The molecule has 156 valence electrons. The van der Waals surface area contributed by atoms with E-state index in [0.717, 1.165) is 25.5 Å². The fraction of sp³-hybridized carbons (Fsp3) is 0.750. The number of nitrogens with one attached hydrogen (secondary N) is 2. The predicted octanol–water partition coefficient (Wildman–Crippen LogP) is -2.46. The topological polar surface area (TPSA) is 188 Å². The average Bonchev–Trinajstić information content (AvgIpc) is 3.13. The van der Waals surface area contributed by atoms with E-state index >= 15 is 0 Å². The molecule has 0 unspecified atom stereocenters. The zero-order chi connectivity index (χ0) is 20.4. The van der Waals surface area contributed by atoms with Crippen LogP contribution in [-0.2, 0) is 9.53 Å². The Balaban J connectivity index is 1.58. The first kappa shape index (κ1) is 20.1. The highest BCUT2D eigenvalue weighted by atomic mass is 16.5. The van der Waals surface area contributed by atoms with Crippen LogP contribution in [0.5, 0.6) is 0 Å². The van der Waals surface area contributed by atoms with Gasteiger partial charge in [0, 0.05) is 25.9 Å². The van der Waals surface area contributed by atoms with Gasteiger partial charge in [-0.05, 0) is 12.8 Å². The third-order valence-electron chi connectivity index (χ3n) is 5.34. The Labute approximate surface area is 162 Å². The highest BCUT2D eigenvalue weighted by Crippen LogP contribution is 2.44. The summed E-state index contributed by atoms with van der Waals surface area (Å²) in [6.07, 6.45) is 3.16. The maximum Gasteiger partial charge on any atom is 0.407 e. The quantitative estimate of drug-likeness (QED) is 0.147. The lowest BCUT2D eigenvalue weighted by atomic mass is 9.87. The summed E-state index contributed by atoms with van der Waals surface area (Å²) in [6, 6.07) is -1.51. The first-order valence-corrected chi connectivity index (χ1v) is 9.33. The van der Waals surface area contributed by atoms with Crippen molar-refractivity contribution in [3.05, 3.63) is 0 Å². The van der Waals surface area contributed by atoms with E-state index in [-0.39, 0.29) is 31.5 Å². The van der Waals surface area contributed by atoms with Crippen molar-refractivity contribution >= 4 is 24.3 Å². The van der Waals surface area contributed by atoms with Crippen molar-refractivity contribution in [3.63, 3.8) is 0 Å². The smallest absolute Gasteiger partial charge is 0.407 e. The van der Waals surface area contributed by atoms with E-state index in [0.29, 0.717) is 13.0 Å². The number of aldehydes is 1. The molecule has 1 amide bonds. The third kappa shape index (κ3) is 3.44. The second kappa shape index (κ2) is 7.80. The summed E-state index contributed by atoms with van der Waals surface area (Å²) in [6.45, 7) is 0.553. The molecule has 3 aliphatic rings. The number of hydrogen-bond donors (Lipinski definition) is 6. The van der Waals surface area contributed by atoms with E-state index in [9.17, 15) is 19.8 Å². The van der Waals surface area contributed by atoms with E-state index in [2.05, 4.69) is 20.6 Å². The number of hydrogen-bond acceptors (Lipinski definition) is 11. The van der Waals surface area contributed by atoms with E-state index in [1.54, 1.807) is 0 Å². The summed E-state index contributed by atoms with van der Waals surface area (Å²) in [4.78, 5) is 32.3. The normalized spacial score (nSPS) is 29.9. The monoisotopic (exact) mass is 397 g/mol. The van der Waals surface area contributed by atoms with Crippen LogP contribution in [0.25, 0.3) is 0 Å². The van der Waals surface area contributed by atoms with Gasteiger partial charge in [0.2, 0.25) is 5.79 Å². The van der Waals surface area contributed by atoms with Gasteiger partial charge < -0.3 is 46.7 Å². The van der Waals surface area contributed by atoms with Gasteiger partial charge in [0.25, 0.3) is 0 Å². The van der Waals surface area contributed by atoms with Crippen LogP contribution >= 0.6 is 0 Å². The number of guanidine groups is 2. The standard InChI is InChI=1S/C16H27N7O5/c17-12-21-11-10(9-28-14(25)19-6-3-1-2-4-8-24)20-13(18)23-7-5-15(26,27)16(11,23)22-12/h8,10-11,26-27H,1-7,9H2,(H2,18,20)(H,19,25)(H3,17,21,22)/t10-,11-,16-/m0/s1. The maximum atomic E-state index is 11.9. The van der Waals surface area contributed by atoms with Crippen LogP contribution in [0.2, 0.25) is 0 Å². The molecular weight excluding hydrogens is 370 g/mol. The lowest BCUT2D eigenvalue weighted by Crippen LogP contribution is -2.76. The fourth-order valence-electron chi connectivity index (χ4n) is 3.99. The molecule has 3 atom stereocenters. The van der Waals surface area contributed by atoms with Crippen molar-refractivity contribution in [2.24, 2.45) is 21.5 Å². The molecule has 0 aromatic heterocycles. The molecule has 0 aromatic carbocycles. The maximum absolute atomic E-state index is 11.9. The fourth-order valence-corrected chi connectivity index (χ4v) is 3.99. The minimum atomic E-state index is -2.13. The van der Waals surface area contributed by atoms with Crippen LogP contribution in [-0.4, -0.2) is 82.6 Å². The molecule has 0 bridgehead atoms. The molecule has 0 aromatic rings. The SMILES string of the molecule is NC1=N[C@H]2[C@H](COC(=O)NCCCCCC=O)N=C(N)N3CCC(O)(O)[C@]23N1. The summed E-state index contributed by atoms with van der Waals surface area (Å²) in [7, 11) is 0. The molecule has 1 saturated heterocycles. The lowest BCUT2D eigenvalue weighted by molar-refractivity contribution is -0.221. The Bertz CT molecular complexity index is 682. The molecule has 1 spiro atoms. The number of carbonyl (C=O) groups excluding carboxylic acids is 2. The van der Waals surface area contributed by atoms with Crippen LogP contribution in [0.3, 0.4) is 0 Å². The number of aliphatic hydroxyl groups is 2. The number of unbranched alkanes of at least 4 members (excludes halogenated alkanes) is 3. The van der Waals surface area contributed by atoms with Gasteiger partial charge in [-0.15, -0.1) is 0 Å². The minimum Gasteiger partial charge on any atom is -0.447 e. The van der Waals surface area contributed by atoms with Crippen LogP contribution in [0.1, 0.15) is 32.1 Å². The van der Waals surface area contributed by atoms with Crippen molar-refractivity contribution in [3.8, 4) is 0 Å². The van der Waals surface area contributed by atoms with Crippen molar-refractivity contribution < 1.29 is 24.5 Å². The molecule has 12 heteroatoms. The van der Waals surface area contributed by atoms with Crippen LogP contribution in [0.15, 0.2) is 9.98 Å². The van der Waals surface area contributed by atoms with Gasteiger partial charge in [-0.2, -0.15) is 0 Å². The van der Waals surface area contributed by atoms with E-state index < -0.39 is 29.6 Å². The lowest BCUT2D eigenvalue weighted by Gasteiger charge is -2.48. The number of amides is 1. The Morgan fingerprint density at radius 1 is 1.36 bits per heavy atom. The summed E-state index contributed by atoms with van der Waals surface area (Å²) in [5.41, 5.74) is 10.4. The summed E-state index contributed by atoms with van der Waals surface area (Å²) in [5, 5.41) is 26.6. The van der Waals surface area contributed by atoms with E-state index in [4.69, 9.17) is 16.2 Å². The largest absolute Gasteiger partial charge is 0.447 e. The number of rotatable bonds is 8. The molecule has 0 aliphatic carbocycles. The molecule has 12 nitrogen and oxygen atoms in total. The molecule has 28 heavy (non-hydrogen) atoms. The first-order chi connectivity index (χ1) is 13.3. The van der Waals surface area contributed by atoms with Crippen molar-refractivity contribution in [2.45, 2.75) is 55.6 Å². The number of alkyl carbamates (subject to hydrolysis) is 1. The van der Waals surface area contributed by atoms with Crippen LogP contribution in [0, 0.1) is 0 Å². The number of aliphatic imine (C=N–C) groups is 2. The van der Waals surface area contributed by atoms with Gasteiger partial charge in [0.1, 0.15) is 25.0 Å². The van der Waals surface area contributed by atoms with E-state index in [1.807, 2.05) is 0 Å². The van der Waals surface area contributed by atoms with Crippen LogP contribution in [0.4, 0.5) is 4.79 Å². The zero-order valence-electron chi connectivity index (χ0n) is 15.5. The van der Waals surface area contributed by atoms with Gasteiger partial charge in [0.05, 0.1) is 0 Å². The van der Waals surface area contributed by atoms with Crippen molar-refractivity contribution in [1.29, 1.82) is 0 Å². The number of nitrogens with two attached hydrogens (primary N) is 2. The summed E-state index contributed by atoms with van der Waals surface area (Å²) < 4.78 is 5.23. The number of carbonyl (C=O) groups is 2. The molecule has 3 aliphatic heterocycles. The molecular formula is C16H27N7O5. The van der Waals surface area contributed by atoms with Gasteiger partial charge in [0.15, 0.2) is 17.6 Å². The summed E-state index contributed by atoms with van der Waals surface area (Å²) >= 11 is 0. The number of nitrogens with zero attached hydrogens (tertiary/aromatic N) is 3. The predicted molar refractivity (Wildman–Crippen MR) is 99.1 cm³/mol. The Hall–Kier alpha value is -2.60. The third-order valence-corrected chi connectivity index (χ3v) is 5.34. The second-order valence-corrected chi connectivity index (χ2v) is 7.16. The second-order valence-electron chi connectivity index (χ2n) is 7.16. The Morgan fingerprint density at radius 2 is 2.14 bits per heavy atom. The molecule has 3 rings (SSSR count). The zero-order valence-corrected chi connectivity index (χ0v) is 15.5. The molecule has 8 N–H and O–H groups in total. The van der Waals surface area contributed by atoms with Gasteiger partial charge in [-0.1, -0.05) is 6.42 Å². The van der Waals surface area contributed by atoms with Crippen LogP contribution < -0.4 is 22.1 Å². The molecule has 1 fully saturated rings. The molecule has 0 saturated carbocycles. The highest BCUT2D eigenvalue weighted by Gasteiger charge is 2.69. The van der Waals surface area contributed by atoms with Crippen molar-refractivity contribution in [1.82, 2.24) is 15.5 Å². The molecule has 0 radical (unpaired) electrons. The van der Waals surface area contributed by atoms with Gasteiger partial charge >= 0.3 is 6.09 Å². The van der Waals surface area contributed by atoms with E-state index in [1.165, 1.54) is 4.90 Å². The van der Waals surface area contributed by atoms with Gasteiger partial charge in [-0.3, -0.25) is 0 Å². The highest BCUT2D eigenvalue weighted by molar-refractivity contribution is 5.87. The number of ether oxygens (including phenoxy) is 1. The Kier molecular flexibility index (Phi) is 5.61. The summed E-state index contributed by atoms with van der Waals surface area (Å²) in [5.74, 6) is -1.99. The van der Waals surface area contributed by atoms with Gasteiger partial charge in [-0.25, -0.2) is 14.8 Å². The first-order valence-electron chi connectivity index (χ1n) is 9.33. The Morgan fingerprint density at radius 3 is 2.89 bits per heavy atom. The van der Waals surface area contributed by atoms with Crippen molar-refractivity contribution in [2.75, 3.05) is 19.7 Å². The molecule has 3 heterocycles. The minimum absolute atomic E-state index is 0.0354. The average molecular weight is 397 g/mol.